The molecule has 2 heteroatoms. The van der Waals surface area contributed by atoms with Gasteiger partial charge in [-0.2, -0.15) is 0 Å². The van der Waals surface area contributed by atoms with E-state index in [1.165, 1.54) is 38.7 Å². The summed E-state index contributed by atoms with van der Waals surface area (Å²) in [5.41, 5.74) is 8.42. The fourth-order valence-corrected chi connectivity index (χ4v) is 4.60. The van der Waals surface area contributed by atoms with E-state index in [4.69, 9.17) is 4.74 Å². The first kappa shape index (κ1) is 15.2. The molecule has 3 heterocycles. The first-order valence-electron chi connectivity index (χ1n) is 9.31. The van der Waals surface area contributed by atoms with Gasteiger partial charge >= 0.3 is 0 Å². The summed E-state index contributed by atoms with van der Waals surface area (Å²) in [5, 5.41) is 1.35. The van der Waals surface area contributed by atoms with Gasteiger partial charge in [0.1, 0.15) is 0 Å². The van der Waals surface area contributed by atoms with E-state index in [0.717, 1.165) is 12.8 Å². The Hall–Kier alpha value is -2.06. The largest absolute Gasteiger partial charge is 0.366 e. The highest BCUT2D eigenvalue weighted by Gasteiger charge is 2.40. The molecule has 128 valence electrons. The van der Waals surface area contributed by atoms with Gasteiger partial charge in [0.2, 0.25) is 0 Å². The van der Waals surface area contributed by atoms with Crippen LogP contribution >= 0.6 is 0 Å². The molecule has 5 rings (SSSR count). The Morgan fingerprint density at radius 1 is 1.00 bits per heavy atom. The van der Waals surface area contributed by atoms with Crippen molar-refractivity contribution < 1.29 is 4.74 Å². The van der Waals surface area contributed by atoms with Gasteiger partial charge < -0.3 is 9.30 Å². The van der Waals surface area contributed by atoms with Gasteiger partial charge in [0.25, 0.3) is 0 Å². The Morgan fingerprint density at radius 2 is 1.72 bits per heavy atom. The van der Waals surface area contributed by atoms with Crippen LogP contribution in [0.3, 0.4) is 0 Å². The molecular formula is C23H25NO. The van der Waals surface area contributed by atoms with Crippen LogP contribution in [0, 0.1) is 0 Å². The zero-order valence-corrected chi connectivity index (χ0v) is 15.5. The highest BCUT2D eigenvalue weighted by atomic mass is 16.5. The van der Waals surface area contributed by atoms with Crippen LogP contribution in [0.25, 0.3) is 22.0 Å². The maximum absolute atomic E-state index is 6.22. The van der Waals surface area contributed by atoms with Crippen molar-refractivity contribution in [2.45, 2.75) is 51.2 Å². The minimum absolute atomic E-state index is 0.186. The highest BCUT2D eigenvalue weighted by molar-refractivity contribution is 5.99. The second-order valence-electron chi connectivity index (χ2n) is 8.63. The molecular weight excluding hydrogens is 306 g/mol. The fourth-order valence-electron chi connectivity index (χ4n) is 4.60. The number of aryl methyl sites for hydroxylation is 1. The number of aromatic nitrogens is 1. The molecule has 2 bridgehead atoms. The van der Waals surface area contributed by atoms with E-state index in [1.54, 1.807) is 0 Å². The molecule has 2 aromatic carbocycles. The van der Waals surface area contributed by atoms with E-state index in [9.17, 15) is 0 Å². The van der Waals surface area contributed by atoms with Crippen LogP contribution in [0.15, 0.2) is 42.6 Å². The molecule has 3 aromatic rings. The molecule has 2 aliphatic rings. The van der Waals surface area contributed by atoms with Gasteiger partial charge in [-0.1, -0.05) is 45.0 Å². The summed E-state index contributed by atoms with van der Waals surface area (Å²) >= 11 is 0. The zero-order chi connectivity index (χ0) is 17.3. The molecule has 1 aromatic heterocycles. The van der Waals surface area contributed by atoms with Crippen LogP contribution < -0.4 is 0 Å². The summed E-state index contributed by atoms with van der Waals surface area (Å²) in [6.07, 6.45) is 5.11. The highest BCUT2D eigenvalue weighted by Crippen LogP contribution is 2.54. The molecule has 2 aliphatic heterocycles. The monoisotopic (exact) mass is 331 g/mol. The Labute approximate surface area is 149 Å². The van der Waals surface area contributed by atoms with Gasteiger partial charge in [0, 0.05) is 24.2 Å². The van der Waals surface area contributed by atoms with Crippen LogP contribution in [0.1, 0.15) is 62.5 Å². The lowest BCUT2D eigenvalue weighted by molar-refractivity contribution is 0.0720. The number of fused-ring (bicyclic) bond motifs is 7. The van der Waals surface area contributed by atoms with E-state index in [-0.39, 0.29) is 5.41 Å². The molecule has 0 aliphatic carbocycles. The summed E-state index contributed by atoms with van der Waals surface area (Å²) in [5.74, 6) is 0. The van der Waals surface area contributed by atoms with Crippen molar-refractivity contribution in [3.8, 4) is 11.1 Å². The average molecular weight is 331 g/mol. The number of rotatable bonds is 1. The SMILES string of the molecule is Cn1ccc2c(-c3ccc(C(C)(C)C)cc3)cc3c(c21)C1CCC3O1. The topological polar surface area (TPSA) is 14.2 Å². The lowest BCUT2D eigenvalue weighted by atomic mass is 9.84. The van der Waals surface area contributed by atoms with Crippen molar-refractivity contribution >= 4 is 10.9 Å². The quantitative estimate of drug-likeness (QED) is 0.529. The van der Waals surface area contributed by atoms with Crippen LogP contribution in [-0.2, 0) is 17.2 Å². The molecule has 2 nitrogen and oxygen atoms in total. The Balaban J connectivity index is 1.73. The van der Waals surface area contributed by atoms with Crippen molar-refractivity contribution in [3.63, 3.8) is 0 Å². The molecule has 1 saturated heterocycles. The standard InChI is InChI=1S/C23H25NO/c1-23(2,3)15-7-5-14(6-8-15)17-13-18-19-9-10-20(25-19)21(18)22-16(17)11-12-24(22)4/h5-8,11-13,19-20H,9-10H2,1-4H3. The molecule has 0 saturated carbocycles. The third-order valence-electron chi connectivity index (χ3n) is 5.98. The maximum Gasteiger partial charge on any atom is 0.0858 e. The number of ether oxygens (including phenoxy) is 1. The molecule has 0 spiro atoms. The predicted molar refractivity (Wildman–Crippen MR) is 103 cm³/mol. The number of hydrogen-bond acceptors (Lipinski definition) is 1. The van der Waals surface area contributed by atoms with E-state index in [2.05, 4.69) is 75.0 Å². The van der Waals surface area contributed by atoms with Crippen molar-refractivity contribution in [2.24, 2.45) is 7.05 Å². The van der Waals surface area contributed by atoms with E-state index in [0.29, 0.717) is 12.2 Å². The van der Waals surface area contributed by atoms with Gasteiger partial charge in [-0.3, -0.25) is 0 Å². The third kappa shape index (κ3) is 2.13. The summed E-state index contributed by atoms with van der Waals surface area (Å²) in [6, 6.07) is 13.8. The summed E-state index contributed by atoms with van der Waals surface area (Å²) < 4.78 is 8.49. The molecule has 0 radical (unpaired) electrons. The van der Waals surface area contributed by atoms with Gasteiger partial charge in [-0.25, -0.2) is 0 Å². The van der Waals surface area contributed by atoms with E-state index in [1.807, 2.05) is 0 Å². The number of nitrogens with zero attached hydrogens (tertiary/aromatic N) is 1. The lowest BCUT2D eigenvalue weighted by Crippen LogP contribution is -2.10. The molecule has 2 atom stereocenters. The van der Waals surface area contributed by atoms with Crippen molar-refractivity contribution in [3.05, 3.63) is 59.3 Å². The molecule has 2 unspecified atom stereocenters. The fraction of sp³-hybridized carbons (Fsp3) is 0.391. The normalized spacial score (nSPS) is 21.9. The summed E-state index contributed by atoms with van der Waals surface area (Å²) in [4.78, 5) is 0. The van der Waals surface area contributed by atoms with Crippen LogP contribution in [0.4, 0.5) is 0 Å². The first-order chi connectivity index (χ1) is 11.9. The maximum atomic E-state index is 6.22. The van der Waals surface area contributed by atoms with Crippen LogP contribution in [0.5, 0.6) is 0 Å². The third-order valence-corrected chi connectivity index (χ3v) is 5.98. The summed E-state index contributed by atoms with van der Waals surface area (Å²) in [7, 11) is 2.15. The smallest absolute Gasteiger partial charge is 0.0858 e. The number of hydrogen-bond donors (Lipinski definition) is 0. The Kier molecular flexibility index (Phi) is 3.03. The van der Waals surface area contributed by atoms with Gasteiger partial charge in [-0.05, 0) is 52.6 Å². The second kappa shape index (κ2) is 4.98. The van der Waals surface area contributed by atoms with Crippen molar-refractivity contribution in [1.29, 1.82) is 0 Å². The Morgan fingerprint density at radius 3 is 2.44 bits per heavy atom. The average Bonchev–Trinajstić information content (AvgIpc) is 3.28. The zero-order valence-electron chi connectivity index (χ0n) is 15.5. The van der Waals surface area contributed by atoms with Crippen molar-refractivity contribution in [1.82, 2.24) is 4.57 Å². The predicted octanol–water partition coefficient (Wildman–Crippen LogP) is 6.05. The van der Waals surface area contributed by atoms with Crippen molar-refractivity contribution in [2.75, 3.05) is 0 Å². The van der Waals surface area contributed by atoms with Crippen LogP contribution in [0.2, 0.25) is 0 Å². The van der Waals surface area contributed by atoms with Gasteiger partial charge in [-0.15, -0.1) is 0 Å². The Bertz CT molecular complexity index is 972. The van der Waals surface area contributed by atoms with E-state index < -0.39 is 0 Å². The molecule has 0 amide bonds. The number of benzene rings is 2. The minimum atomic E-state index is 0.186. The lowest BCUT2D eigenvalue weighted by Gasteiger charge is -2.20. The molecule has 25 heavy (non-hydrogen) atoms. The minimum Gasteiger partial charge on any atom is -0.366 e. The van der Waals surface area contributed by atoms with Gasteiger partial charge in [0.15, 0.2) is 0 Å². The second-order valence-corrected chi connectivity index (χ2v) is 8.63. The molecule has 0 N–H and O–H groups in total. The first-order valence-corrected chi connectivity index (χ1v) is 9.31. The summed E-state index contributed by atoms with van der Waals surface area (Å²) in [6.45, 7) is 6.79. The van der Waals surface area contributed by atoms with Crippen LogP contribution in [-0.4, -0.2) is 4.57 Å². The molecule has 1 fully saturated rings. The van der Waals surface area contributed by atoms with E-state index >= 15 is 0 Å². The van der Waals surface area contributed by atoms with Gasteiger partial charge in [0.05, 0.1) is 17.7 Å².